The molecule has 3 heteroatoms. The van der Waals surface area contributed by atoms with E-state index in [0.717, 1.165) is 17.8 Å². The molecule has 1 aromatic carbocycles. The van der Waals surface area contributed by atoms with Gasteiger partial charge in [0, 0.05) is 6.04 Å². The third-order valence-corrected chi connectivity index (χ3v) is 4.25. The monoisotopic (exact) mass is 267 g/mol. The van der Waals surface area contributed by atoms with Gasteiger partial charge >= 0.3 is 0 Å². The Balaban J connectivity index is 1.81. The predicted octanol–water partition coefficient (Wildman–Crippen LogP) is 3.15. The second-order valence-electron chi connectivity index (χ2n) is 5.68. The van der Waals surface area contributed by atoms with Crippen molar-refractivity contribution in [2.75, 3.05) is 0 Å². The highest BCUT2D eigenvalue weighted by Gasteiger charge is 2.43. The Morgan fingerprint density at radius 3 is 2.70 bits per heavy atom. The maximum absolute atomic E-state index is 6.51. The van der Waals surface area contributed by atoms with Crippen LogP contribution in [0, 0.1) is 12.8 Å². The van der Waals surface area contributed by atoms with E-state index in [9.17, 15) is 0 Å². The number of aryl methyl sites for hydroxylation is 2. The van der Waals surface area contributed by atoms with Crippen molar-refractivity contribution < 1.29 is 0 Å². The number of nitrogens with zero attached hydrogens (tertiary/aromatic N) is 2. The molecule has 0 amide bonds. The Morgan fingerprint density at radius 1 is 1.25 bits per heavy atom. The van der Waals surface area contributed by atoms with Crippen LogP contribution in [0.25, 0.3) is 0 Å². The highest BCUT2D eigenvalue weighted by molar-refractivity contribution is 5.32. The fourth-order valence-electron chi connectivity index (χ4n) is 3.02. The lowest BCUT2D eigenvalue weighted by Crippen LogP contribution is -2.17. The van der Waals surface area contributed by atoms with Crippen molar-refractivity contribution in [2.24, 2.45) is 11.7 Å². The molecule has 0 saturated heterocycles. The van der Waals surface area contributed by atoms with Gasteiger partial charge in [0.05, 0.1) is 11.4 Å². The molecule has 0 aliphatic heterocycles. The zero-order valence-corrected chi connectivity index (χ0v) is 12.1. The molecule has 3 atom stereocenters. The predicted molar refractivity (Wildman–Crippen MR) is 80.4 cm³/mol. The van der Waals surface area contributed by atoms with Gasteiger partial charge in [-0.25, -0.2) is 0 Å². The average Bonchev–Trinajstić information content (AvgIpc) is 3.28. The summed E-state index contributed by atoms with van der Waals surface area (Å²) in [6.07, 6.45) is 2.06. The molecule has 1 aliphatic carbocycles. The minimum Gasteiger partial charge on any atom is -0.324 e. The molecule has 2 aromatic rings. The van der Waals surface area contributed by atoms with Crippen molar-refractivity contribution >= 4 is 0 Å². The molecule has 1 saturated carbocycles. The molecule has 3 nitrogen and oxygen atoms in total. The van der Waals surface area contributed by atoms with Crippen LogP contribution in [-0.2, 0) is 6.42 Å². The highest BCUT2D eigenvalue weighted by Crippen LogP contribution is 2.53. The SMILES string of the molecule is CCc1nnc(C)cc1C(N)C1CC1c1ccccc1. The van der Waals surface area contributed by atoms with E-state index in [4.69, 9.17) is 5.73 Å². The Labute approximate surface area is 120 Å². The Morgan fingerprint density at radius 2 is 2.00 bits per heavy atom. The maximum Gasteiger partial charge on any atom is 0.0676 e. The van der Waals surface area contributed by atoms with Crippen LogP contribution >= 0.6 is 0 Å². The topological polar surface area (TPSA) is 51.8 Å². The molecule has 1 aromatic heterocycles. The van der Waals surface area contributed by atoms with Crippen LogP contribution in [0.5, 0.6) is 0 Å². The summed E-state index contributed by atoms with van der Waals surface area (Å²) in [4.78, 5) is 0. The van der Waals surface area contributed by atoms with Crippen molar-refractivity contribution in [3.63, 3.8) is 0 Å². The van der Waals surface area contributed by atoms with Crippen LogP contribution in [0.1, 0.15) is 47.8 Å². The van der Waals surface area contributed by atoms with Gasteiger partial charge in [-0.3, -0.25) is 0 Å². The van der Waals surface area contributed by atoms with Crippen molar-refractivity contribution in [3.8, 4) is 0 Å². The van der Waals surface area contributed by atoms with Gasteiger partial charge < -0.3 is 5.73 Å². The molecule has 3 unspecified atom stereocenters. The molecule has 0 spiro atoms. The second-order valence-corrected chi connectivity index (χ2v) is 5.68. The Hall–Kier alpha value is -1.74. The second kappa shape index (κ2) is 5.33. The van der Waals surface area contributed by atoms with E-state index in [1.165, 1.54) is 17.5 Å². The summed E-state index contributed by atoms with van der Waals surface area (Å²) in [6.45, 7) is 4.08. The lowest BCUT2D eigenvalue weighted by Gasteiger charge is -2.15. The number of nitrogens with two attached hydrogens (primary N) is 1. The summed E-state index contributed by atoms with van der Waals surface area (Å²) in [7, 11) is 0. The number of hydrogen-bond acceptors (Lipinski definition) is 3. The summed E-state index contributed by atoms with van der Waals surface area (Å²) in [5, 5.41) is 8.44. The van der Waals surface area contributed by atoms with Gasteiger partial charge in [-0.05, 0) is 48.8 Å². The first-order valence-electron chi connectivity index (χ1n) is 7.34. The molecule has 3 rings (SSSR count). The van der Waals surface area contributed by atoms with Crippen molar-refractivity contribution in [1.82, 2.24) is 10.2 Å². The number of hydrogen-bond donors (Lipinski definition) is 1. The van der Waals surface area contributed by atoms with E-state index in [2.05, 4.69) is 53.5 Å². The third kappa shape index (κ3) is 2.46. The van der Waals surface area contributed by atoms with Gasteiger partial charge in [0.25, 0.3) is 0 Å². The van der Waals surface area contributed by atoms with Gasteiger partial charge in [0.2, 0.25) is 0 Å². The van der Waals surface area contributed by atoms with Crippen LogP contribution in [0.3, 0.4) is 0 Å². The number of aromatic nitrogens is 2. The van der Waals surface area contributed by atoms with Crippen LogP contribution < -0.4 is 5.73 Å². The summed E-state index contributed by atoms with van der Waals surface area (Å²) < 4.78 is 0. The van der Waals surface area contributed by atoms with Crippen LogP contribution in [0.15, 0.2) is 36.4 Å². The standard InChI is InChI=1S/C17H21N3/c1-3-16-15(9-11(2)19-20-16)17(18)14-10-13(14)12-7-5-4-6-8-12/h4-9,13-14,17H,3,10,18H2,1-2H3. The first-order valence-corrected chi connectivity index (χ1v) is 7.34. The van der Waals surface area contributed by atoms with Crippen molar-refractivity contribution in [3.05, 3.63) is 58.9 Å². The first kappa shape index (κ1) is 13.3. The molecule has 0 bridgehead atoms. The van der Waals surface area contributed by atoms with Crippen LogP contribution in [0.2, 0.25) is 0 Å². The summed E-state index contributed by atoms with van der Waals surface area (Å²) in [5.41, 5.74) is 11.1. The van der Waals surface area contributed by atoms with Gasteiger partial charge in [0.1, 0.15) is 0 Å². The minimum absolute atomic E-state index is 0.0735. The largest absolute Gasteiger partial charge is 0.324 e. The Bertz CT molecular complexity index is 594. The number of rotatable bonds is 4. The molecule has 104 valence electrons. The highest BCUT2D eigenvalue weighted by atomic mass is 15.1. The van der Waals surface area contributed by atoms with Crippen LogP contribution in [0.4, 0.5) is 0 Å². The van der Waals surface area contributed by atoms with Crippen LogP contribution in [-0.4, -0.2) is 10.2 Å². The van der Waals surface area contributed by atoms with E-state index < -0.39 is 0 Å². The molecule has 2 N–H and O–H groups in total. The molecule has 1 aliphatic rings. The van der Waals surface area contributed by atoms with E-state index in [1.807, 2.05) is 6.92 Å². The maximum atomic E-state index is 6.51. The van der Waals surface area contributed by atoms with E-state index >= 15 is 0 Å². The summed E-state index contributed by atoms with van der Waals surface area (Å²) in [5.74, 6) is 1.13. The average molecular weight is 267 g/mol. The van der Waals surface area contributed by atoms with Gasteiger partial charge in [-0.2, -0.15) is 10.2 Å². The zero-order valence-electron chi connectivity index (χ0n) is 12.1. The lowest BCUT2D eigenvalue weighted by atomic mass is 9.97. The van der Waals surface area contributed by atoms with Crippen molar-refractivity contribution in [2.45, 2.75) is 38.6 Å². The molecule has 1 heterocycles. The molecular weight excluding hydrogens is 246 g/mol. The zero-order chi connectivity index (χ0) is 14.1. The summed E-state index contributed by atoms with van der Waals surface area (Å²) >= 11 is 0. The number of benzene rings is 1. The normalized spacial score (nSPS) is 22.6. The van der Waals surface area contributed by atoms with Gasteiger partial charge in [-0.1, -0.05) is 37.3 Å². The van der Waals surface area contributed by atoms with E-state index in [1.54, 1.807) is 0 Å². The van der Waals surface area contributed by atoms with E-state index in [-0.39, 0.29) is 6.04 Å². The summed E-state index contributed by atoms with van der Waals surface area (Å²) in [6, 6.07) is 12.9. The molecule has 0 radical (unpaired) electrons. The fraction of sp³-hybridized carbons (Fsp3) is 0.412. The van der Waals surface area contributed by atoms with Gasteiger partial charge in [-0.15, -0.1) is 0 Å². The Kier molecular flexibility index (Phi) is 3.53. The fourth-order valence-corrected chi connectivity index (χ4v) is 3.02. The molecular formula is C17H21N3. The minimum atomic E-state index is 0.0735. The van der Waals surface area contributed by atoms with Crippen molar-refractivity contribution in [1.29, 1.82) is 0 Å². The quantitative estimate of drug-likeness (QED) is 0.925. The lowest BCUT2D eigenvalue weighted by molar-refractivity contribution is 0.601. The molecule has 1 fully saturated rings. The molecule has 20 heavy (non-hydrogen) atoms. The smallest absolute Gasteiger partial charge is 0.0676 e. The first-order chi connectivity index (χ1) is 9.70. The van der Waals surface area contributed by atoms with E-state index in [0.29, 0.717) is 11.8 Å². The van der Waals surface area contributed by atoms with Gasteiger partial charge in [0.15, 0.2) is 0 Å². The third-order valence-electron chi connectivity index (χ3n) is 4.25.